The van der Waals surface area contributed by atoms with E-state index in [-0.39, 0.29) is 36.7 Å². The molecule has 0 saturated carbocycles. The van der Waals surface area contributed by atoms with Crippen LogP contribution in [-0.2, 0) is 14.4 Å². The smallest absolute Gasteiger partial charge is 0.303 e. The van der Waals surface area contributed by atoms with Gasteiger partial charge in [-0.25, -0.2) is 0 Å². The molecule has 0 amide bonds. The second kappa shape index (κ2) is 8.02. The van der Waals surface area contributed by atoms with Gasteiger partial charge in [-0.1, -0.05) is 19.8 Å². The molecule has 0 heterocycles. The summed E-state index contributed by atoms with van der Waals surface area (Å²) < 4.78 is 0. The number of carboxylic acid groups (broad SMARTS) is 1. The standard InChI is InChI=1S/C12H20O4/c1-3-4-5-10(8-9(2)13)11(14)6-7-12(15)16/h10H,3-8H2,1-2H3,(H,15,16). The Labute approximate surface area is 96.0 Å². The summed E-state index contributed by atoms with van der Waals surface area (Å²) in [5.41, 5.74) is 0. The number of carbonyl (C=O) groups is 3. The summed E-state index contributed by atoms with van der Waals surface area (Å²) in [5, 5.41) is 8.48. The first kappa shape index (κ1) is 14.8. The lowest BCUT2D eigenvalue weighted by Gasteiger charge is -2.13. The van der Waals surface area contributed by atoms with Gasteiger partial charge >= 0.3 is 5.97 Å². The largest absolute Gasteiger partial charge is 0.481 e. The quantitative estimate of drug-likeness (QED) is 0.656. The third-order valence-electron chi connectivity index (χ3n) is 2.48. The number of aliphatic carboxylic acids is 1. The van der Waals surface area contributed by atoms with Crippen molar-refractivity contribution in [2.45, 2.75) is 52.4 Å². The van der Waals surface area contributed by atoms with E-state index in [1.807, 2.05) is 6.92 Å². The minimum atomic E-state index is -0.967. The van der Waals surface area contributed by atoms with Gasteiger partial charge in [0.05, 0.1) is 6.42 Å². The van der Waals surface area contributed by atoms with Gasteiger partial charge in [0.2, 0.25) is 0 Å². The van der Waals surface area contributed by atoms with Gasteiger partial charge < -0.3 is 9.90 Å². The van der Waals surface area contributed by atoms with E-state index in [0.29, 0.717) is 6.42 Å². The van der Waals surface area contributed by atoms with Gasteiger partial charge in [0.1, 0.15) is 11.6 Å². The molecule has 1 atom stereocenters. The molecule has 0 spiro atoms. The lowest BCUT2D eigenvalue weighted by molar-refractivity contribution is -0.139. The highest BCUT2D eigenvalue weighted by Crippen LogP contribution is 2.17. The van der Waals surface area contributed by atoms with E-state index in [1.54, 1.807) is 0 Å². The summed E-state index contributed by atoms with van der Waals surface area (Å²) in [6.45, 7) is 3.48. The van der Waals surface area contributed by atoms with Crippen molar-refractivity contribution < 1.29 is 19.5 Å². The Bertz CT molecular complexity index is 258. The van der Waals surface area contributed by atoms with Crippen LogP contribution in [0.1, 0.15) is 52.4 Å². The van der Waals surface area contributed by atoms with E-state index in [2.05, 4.69) is 0 Å². The summed E-state index contributed by atoms with van der Waals surface area (Å²) >= 11 is 0. The molecule has 0 aromatic rings. The average molecular weight is 228 g/mol. The van der Waals surface area contributed by atoms with Crippen molar-refractivity contribution in [1.29, 1.82) is 0 Å². The molecule has 0 aromatic heterocycles. The second-order valence-corrected chi connectivity index (χ2v) is 4.11. The number of hydrogen-bond acceptors (Lipinski definition) is 3. The minimum absolute atomic E-state index is 0.00946. The number of hydrogen-bond donors (Lipinski definition) is 1. The van der Waals surface area contributed by atoms with Crippen LogP contribution in [0.25, 0.3) is 0 Å². The molecule has 16 heavy (non-hydrogen) atoms. The Balaban J connectivity index is 4.19. The Morgan fingerprint density at radius 2 is 1.81 bits per heavy atom. The highest BCUT2D eigenvalue weighted by Gasteiger charge is 2.20. The van der Waals surface area contributed by atoms with E-state index >= 15 is 0 Å². The Morgan fingerprint density at radius 1 is 1.19 bits per heavy atom. The first-order valence-electron chi connectivity index (χ1n) is 5.71. The van der Waals surface area contributed by atoms with Crippen molar-refractivity contribution in [3.8, 4) is 0 Å². The maximum absolute atomic E-state index is 11.7. The lowest BCUT2D eigenvalue weighted by atomic mass is 9.90. The molecule has 4 heteroatoms. The number of ketones is 2. The van der Waals surface area contributed by atoms with Gasteiger partial charge in [0, 0.05) is 18.8 Å². The van der Waals surface area contributed by atoms with E-state index in [4.69, 9.17) is 5.11 Å². The Hall–Kier alpha value is -1.19. The number of rotatable bonds is 9. The first-order valence-corrected chi connectivity index (χ1v) is 5.71. The normalized spacial score (nSPS) is 12.1. The molecule has 4 nitrogen and oxygen atoms in total. The number of carboxylic acids is 1. The molecule has 1 N–H and O–H groups in total. The van der Waals surface area contributed by atoms with Crippen LogP contribution in [0.5, 0.6) is 0 Å². The Morgan fingerprint density at radius 3 is 2.25 bits per heavy atom. The third kappa shape index (κ3) is 7.15. The highest BCUT2D eigenvalue weighted by atomic mass is 16.4. The van der Waals surface area contributed by atoms with Crippen LogP contribution in [-0.4, -0.2) is 22.6 Å². The van der Waals surface area contributed by atoms with Crippen molar-refractivity contribution in [3.63, 3.8) is 0 Å². The predicted octanol–water partition coefficient (Wildman–Crippen LogP) is 2.21. The van der Waals surface area contributed by atoms with Crippen LogP contribution in [0.3, 0.4) is 0 Å². The van der Waals surface area contributed by atoms with Crippen molar-refractivity contribution in [2.75, 3.05) is 0 Å². The van der Waals surface area contributed by atoms with Gasteiger partial charge in [-0.15, -0.1) is 0 Å². The Kier molecular flexibility index (Phi) is 7.42. The second-order valence-electron chi connectivity index (χ2n) is 4.11. The van der Waals surface area contributed by atoms with Crippen LogP contribution in [0.4, 0.5) is 0 Å². The molecular formula is C12H20O4. The summed E-state index contributed by atoms with van der Waals surface area (Å²) in [7, 11) is 0. The molecule has 0 aliphatic rings. The van der Waals surface area contributed by atoms with Crippen LogP contribution >= 0.6 is 0 Å². The lowest BCUT2D eigenvalue weighted by Crippen LogP contribution is -2.18. The van der Waals surface area contributed by atoms with E-state index < -0.39 is 5.97 Å². The fraction of sp³-hybridized carbons (Fsp3) is 0.750. The van der Waals surface area contributed by atoms with E-state index in [9.17, 15) is 14.4 Å². The van der Waals surface area contributed by atoms with E-state index in [0.717, 1.165) is 12.8 Å². The van der Waals surface area contributed by atoms with Gasteiger partial charge in [-0.05, 0) is 13.3 Å². The monoisotopic (exact) mass is 228 g/mol. The molecule has 0 bridgehead atoms. The van der Waals surface area contributed by atoms with Crippen LogP contribution in [0, 0.1) is 5.92 Å². The van der Waals surface area contributed by atoms with Crippen molar-refractivity contribution in [3.05, 3.63) is 0 Å². The maximum atomic E-state index is 11.7. The molecule has 0 saturated heterocycles. The molecule has 1 unspecified atom stereocenters. The van der Waals surface area contributed by atoms with Crippen molar-refractivity contribution >= 4 is 17.5 Å². The molecule has 0 rings (SSSR count). The van der Waals surface area contributed by atoms with Crippen LogP contribution < -0.4 is 0 Å². The zero-order valence-electron chi connectivity index (χ0n) is 9.99. The van der Waals surface area contributed by atoms with Crippen LogP contribution in [0.15, 0.2) is 0 Å². The SMILES string of the molecule is CCCCC(CC(C)=O)C(=O)CCC(=O)O. The van der Waals surface area contributed by atoms with Gasteiger partial charge in [0.15, 0.2) is 0 Å². The molecule has 0 radical (unpaired) electrons. The third-order valence-corrected chi connectivity index (χ3v) is 2.48. The molecule has 0 aliphatic heterocycles. The van der Waals surface area contributed by atoms with Gasteiger partial charge in [-0.3, -0.25) is 9.59 Å². The molecule has 0 fully saturated rings. The van der Waals surface area contributed by atoms with E-state index in [1.165, 1.54) is 6.92 Å². The van der Waals surface area contributed by atoms with Gasteiger partial charge in [-0.2, -0.15) is 0 Å². The predicted molar refractivity (Wildman–Crippen MR) is 60.2 cm³/mol. The summed E-state index contributed by atoms with van der Waals surface area (Å²) in [5.74, 6) is -1.35. The molecule has 0 aliphatic carbocycles. The zero-order chi connectivity index (χ0) is 12.6. The highest BCUT2D eigenvalue weighted by molar-refractivity contribution is 5.88. The number of carbonyl (C=O) groups excluding carboxylic acids is 2. The van der Waals surface area contributed by atoms with Crippen molar-refractivity contribution in [2.24, 2.45) is 5.92 Å². The molecule has 0 aromatic carbocycles. The van der Waals surface area contributed by atoms with Crippen LogP contribution in [0.2, 0.25) is 0 Å². The van der Waals surface area contributed by atoms with Gasteiger partial charge in [0.25, 0.3) is 0 Å². The molecule has 92 valence electrons. The summed E-state index contributed by atoms with van der Waals surface area (Å²) in [6, 6.07) is 0. The summed E-state index contributed by atoms with van der Waals surface area (Å²) in [4.78, 5) is 33.0. The zero-order valence-corrected chi connectivity index (χ0v) is 9.99. The topological polar surface area (TPSA) is 71.4 Å². The fourth-order valence-corrected chi connectivity index (χ4v) is 1.61. The molecular weight excluding hydrogens is 208 g/mol. The van der Waals surface area contributed by atoms with Crippen molar-refractivity contribution in [1.82, 2.24) is 0 Å². The average Bonchev–Trinajstić information content (AvgIpc) is 2.20. The maximum Gasteiger partial charge on any atom is 0.303 e. The summed E-state index contributed by atoms with van der Waals surface area (Å²) in [6.07, 6.45) is 2.71. The minimum Gasteiger partial charge on any atom is -0.481 e. The number of Topliss-reactive ketones (excluding diaryl/α,β-unsaturated/α-hetero) is 2. The fourth-order valence-electron chi connectivity index (χ4n) is 1.61. The first-order chi connectivity index (χ1) is 7.47. The number of unbranched alkanes of at least 4 members (excludes halogenated alkanes) is 1.